The van der Waals surface area contributed by atoms with Crippen molar-refractivity contribution in [3.8, 4) is 11.5 Å². The van der Waals surface area contributed by atoms with Crippen LogP contribution in [0.4, 0.5) is 4.39 Å². The quantitative estimate of drug-likeness (QED) is 0.531. The molecule has 0 aliphatic rings. The van der Waals surface area contributed by atoms with Gasteiger partial charge in [0.05, 0.1) is 29.6 Å². The van der Waals surface area contributed by atoms with Crippen LogP contribution >= 0.6 is 23.2 Å². The summed E-state index contributed by atoms with van der Waals surface area (Å²) in [4.78, 5) is 13.0. The summed E-state index contributed by atoms with van der Waals surface area (Å²) >= 11 is 12.1. The first-order valence-electron chi connectivity index (χ1n) is 9.41. The number of aliphatic hydroxyl groups excluding tert-OH is 1. The van der Waals surface area contributed by atoms with Crippen LogP contribution in [0.1, 0.15) is 27.2 Å². The number of nitrogens with zero attached hydrogens (tertiary/aromatic N) is 2. The van der Waals surface area contributed by atoms with Gasteiger partial charge in [-0.1, -0.05) is 41.4 Å². The molecule has 2 N–H and O–H groups in total. The Kier molecular flexibility index (Phi) is 7.43. The number of nitrogens with one attached hydrogen (secondary N) is 1. The molecule has 0 aliphatic carbocycles. The van der Waals surface area contributed by atoms with Crippen LogP contribution in [0.5, 0.6) is 11.5 Å². The maximum atomic E-state index is 14.3. The van der Waals surface area contributed by atoms with Gasteiger partial charge in [-0.25, -0.2) is 4.39 Å². The van der Waals surface area contributed by atoms with Crippen LogP contribution in [0, 0.1) is 19.7 Å². The molecule has 2 aromatic carbocycles. The zero-order chi connectivity index (χ0) is 22.5. The molecule has 1 unspecified atom stereocenters. The van der Waals surface area contributed by atoms with Gasteiger partial charge in [0.1, 0.15) is 5.56 Å². The van der Waals surface area contributed by atoms with Gasteiger partial charge in [0.15, 0.2) is 17.3 Å². The van der Waals surface area contributed by atoms with Gasteiger partial charge >= 0.3 is 0 Å². The third-order valence-corrected chi connectivity index (χ3v) is 5.23. The van der Waals surface area contributed by atoms with Crippen molar-refractivity contribution in [1.29, 1.82) is 0 Å². The predicted molar refractivity (Wildman–Crippen MR) is 116 cm³/mol. The van der Waals surface area contributed by atoms with Gasteiger partial charge in [-0.3, -0.25) is 4.79 Å². The Labute approximate surface area is 189 Å². The van der Waals surface area contributed by atoms with E-state index in [1.807, 2.05) is 25.1 Å². The number of carbonyl (C=O) groups is 1. The van der Waals surface area contributed by atoms with Gasteiger partial charge in [0.2, 0.25) is 0 Å². The Morgan fingerprint density at radius 1 is 1.19 bits per heavy atom. The van der Waals surface area contributed by atoms with Crippen LogP contribution in [0.3, 0.4) is 0 Å². The number of carbonyl (C=O) groups excluding carboxylic acids is 1. The third kappa shape index (κ3) is 5.50. The Balaban J connectivity index is 1.84. The zero-order valence-electron chi connectivity index (χ0n) is 16.8. The van der Waals surface area contributed by atoms with Crippen molar-refractivity contribution in [3.05, 3.63) is 80.8 Å². The zero-order valence-corrected chi connectivity index (χ0v) is 18.3. The van der Waals surface area contributed by atoms with Crippen molar-refractivity contribution in [1.82, 2.24) is 15.5 Å². The van der Waals surface area contributed by atoms with Crippen molar-refractivity contribution >= 4 is 29.1 Å². The molecule has 1 aromatic heterocycles. The summed E-state index contributed by atoms with van der Waals surface area (Å²) in [6.45, 7) is 3.19. The van der Waals surface area contributed by atoms with E-state index in [4.69, 9.17) is 27.9 Å². The molecule has 9 heteroatoms. The van der Waals surface area contributed by atoms with Gasteiger partial charge in [-0.15, -0.1) is 0 Å². The van der Waals surface area contributed by atoms with Crippen LogP contribution in [0.2, 0.25) is 10.0 Å². The average Bonchev–Trinajstić information content (AvgIpc) is 2.72. The van der Waals surface area contributed by atoms with Gasteiger partial charge < -0.3 is 15.2 Å². The van der Waals surface area contributed by atoms with Crippen LogP contribution < -0.4 is 10.1 Å². The third-order valence-electron chi connectivity index (χ3n) is 4.58. The number of amides is 1. The molecule has 3 rings (SSSR count). The first kappa shape index (κ1) is 22.9. The van der Waals surface area contributed by atoms with Crippen LogP contribution in [-0.4, -0.2) is 33.9 Å². The van der Waals surface area contributed by atoms with E-state index in [-0.39, 0.29) is 34.4 Å². The van der Waals surface area contributed by atoms with Crippen LogP contribution in [0.25, 0.3) is 0 Å². The largest absolute Gasteiger partial charge is 0.452 e. The lowest BCUT2D eigenvalue weighted by molar-refractivity contribution is 0.0912. The van der Waals surface area contributed by atoms with Gasteiger partial charge in [-0.2, -0.15) is 10.2 Å². The molecule has 162 valence electrons. The summed E-state index contributed by atoms with van der Waals surface area (Å²) in [5.41, 5.74) is 2.14. The van der Waals surface area contributed by atoms with E-state index in [9.17, 15) is 14.3 Å². The van der Waals surface area contributed by atoms with Crippen molar-refractivity contribution < 1.29 is 19.0 Å². The molecule has 1 heterocycles. The lowest BCUT2D eigenvalue weighted by Crippen LogP contribution is -2.39. The summed E-state index contributed by atoms with van der Waals surface area (Å²) in [6.07, 6.45) is 1.53. The van der Waals surface area contributed by atoms with Gasteiger partial charge in [0.25, 0.3) is 5.91 Å². The SMILES string of the molecule is Cc1ccc(CC(CO)NC(=O)c2c(Oc3cccc(Cl)c3F)cnnc2C)c(Cl)c1. The van der Waals surface area contributed by atoms with E-state index in [0.29, 0.717) is 11.4 Å². The molecule has 1 atom stereocenters. The second-order valence-electron chi connectivity index (χ2n) is 6.98. The van der Waals surface area contributed by atoms with Gasteiger partial charge in [-0.05, 0) is 49.6 Å². The summed E-state index contributed by atoms with van der Waals surface area (Å²) < 4.78 is 19.8. The lowest BCUT2D eigenvalue weighted by atomic mass is 10.0. The highest BCUT2D eigenvalue weighted by Gasteiger charge is 2.22. The van der Waals surface area contributed by atoms with Crippen LogP contribution in [-0.2, 0) is 6.42 Å². The molecule has 0 aliphatic heterocycles. The fourth-order valence-corrected chi connectivity index (χ4v) is 3.48. The van der Waals surface area contributed by atoms with Crippen molar-refractivity contribution in [3.63, 3.8) is 0 Å². The second kappa shape index (κ2) is 10.0. The molecule has 0 radical (unpaired) electrons. The topological polar surface area (TPSA) is 84.3 Å². The first-order chi connectivity index (χ1) is 14.8. The average molecular weight is 464 g/mol. The molecule has 0 fully saturated rings. The molecule has 3 aromatic rings. The molecule has 0 spiro atoms. The number of rotatable bonds is 7. The molecule has 1 amide bonds. The molecular weight excluding hydrogens is 444 g/mol. The van der Waals surface area contributed by atoms with Crippen molar-refractivity contribution in [2.75, 3.05) is 6.61 Å². The minimum atomic E-state index is -0.757. The number of halogens is 3. The molecule has 0 saturated heterocycles. The highest BCUT2D eigenvalue weighted by molar-refractivity contribution is 6.31. The van der Waals surface area contributed by atoms with E-state index in [1.165, 1.54) is 24.4 Å². The van der Waals surface area contributed by atoms with E-state index >= 15 is 0 Å². The van der Waals surface area contributed by atoms with E-state index in [1.54, 1.807) is 6.92 Å². The number of benzene rings is 2. The number of ether oxygens (including phenoxy) is 1. The lowest BCUT2D eigenvalue weighted by Gasteiger charge is -2.19. The maximum absolute atomic E-state index is 14.3. The Morgan fingerprint density at radius 3 is 2.68 bits per heavy atom. The summed E-state index contributed by atoms with van der Waals surface area (Å²) in [7, 11) is 0. The Morgan fingerprint density at radius 2 is 1.97 bits per heavy atom. The molecule has 0 bridgehead atoms. The fraction of sp³-hybridized carbons (Fsp3) is 0.227. The number of aliphatic hydroxyl groups is 1. The first-order valence-corrected chi connectivity index (χ1v) is 10.2. The Hall–Kier alpha value is -2.74. The number of aryl methyl sites for hydroxylation is 2. The summed E-state index contributed by atoms with van der Waals surface area (Å²) in [5, 5.41) is 20.7. The fourth-order valence-electron chi connectivity index (χ4n) is 3.00. The number of aromatic nitrogens is 2. The molecule has 0 saturated carbocycles. The van der Waals surface area contributed by atoms with Crippen molar-refractivity contribution in [2.24, 2.45) is 0 Å². The van der Waals surface area contributed by atoms with E-state index in [0.717, 1.165) is 11.1 Å². The number of hydrogen-bond acceptors (Lipinski definition) is 5. The van der Waals surface area contributed by atoms with E-state index in [2.05, 4.69) is 15.5 Å². The van der Waals surface area contributed by atoms with Crippen LogP contribution in [0.15, 0.2) is 42.6 Å². The van der Waals surface area contributed by atoms with E-state index < -0.39 is 17.8 Å². The smallest absolute Gasteiger partial charge is 0.257 e. The maximum Gasteiger partial charge on any atom is 0.257 e. The standard InChI is InChI=1S/C22H20Cl2FN3O3/c1-12-6-7-14(17(24)8-12)9-15(11-29)27-22(30)20-13(2)28-26-10-19(20)31-18-5-3-4-16(23)21(18)25/h3-8,10,15,29H,9,11H2,1-2H3,(H,27,30). The minimum absolute atomic E-state index is 0.0104. The van der Waals surface area contributed by atoms with Gasteiger partial charge in [0, 0.05) is 5.02 Å². The second-order valence-corrected chi connectivity index (χ2v) is 7.79. The minimum Gasteiger partial charge on any atom is -0.452 e. The van der Waals surface area contributed by atoms with Crippen molar-refractivity contribution in [2.45, 2.75) is 26.3 Å². The molecule has 31 heavy (non-hydrogen) atoms. The summed E-state index contributed by atoms with van der Waals surface area (Å²) in [5.74, 6) is -1.45. The Bertz CT molecular complexity index is 1110. The predicted octanol–water partition coefficient (Wildman–Crippen LogP) is 4.67. The monoisotopic (exact) mass is 463 g/mol. The molecule has 6 nitrogen and oxygen atoms in total. The number of hydrogen-bond donors (Lipinski definition) is 2. The molecular formula is C22H20Cl2FN3O3. The normalized spacial score (nSPS) is 11.8. The highest BCUT2D eigenvalue weighted by Crippen LogP contribution is 2.31. The highest BCUT2D eigenvalue weighted by atomic mass is 35.5. The summed E-state index contributed by atoms with van der Waals surface area (Å²) in [6, 6.07) is 9.24.